The fourth-order valence-electron chi connectivity index (χ4n) is 2.06. The zero-order chi connectivity index (χ0) is 12.3. The van der Waals surface area contributed by atoms with Crippen LogP contribution in [0.15, 0.2) is 18.2 Å². The highest BCUT2D eigenvalue weighted by molar-refractivity contribution is 6.30. The summed E-state index contributed by atoms with van der Waals surface area (Å²) in [5.41, 5.74) is 1.83. The van der Waals surface area contributed by atoms with E-state index in [0.717, 1.165) is 37.1 Å². The zero-order valence-electron chi connectivity index (χ0n) is 10.3. The molecular weight excluding hydrogens is 271 g/mol. The van der Waals surface area contributed by atoms with E-state index in [0.29, 0.717) is 5.02 Å². The van der Waals surface area contributed by atoms with Gasteiger partial charge < -0.3 is 10.6 Å². The Morgan fingerprint density at radius 1 is 1.44 bits per heavy atom. The van der Waals surface area contributed by atoms with Crippen LogP contribution in [0.2, 0.25) is 5.02 Å². The van der Waals surface area contributed by atoms with Gasteiger partial charge in [0.1, 0.15) is 0 Å². The van der Waals surface area contributed by atoms with Crippen LogP contribution in [-0.4, -0.2) is 18.5 Å². The summed E-state index contributed by atoms with van der Waals surface area (Å²) < 4.78 is 0. The molecule has 0 aliphatic carbocycles. The van der Waals surface area contributed by atoms with Gasteiger partial charge in [0.2, 0.25) is 5.91 Å². The first-order valence-corrected chi connectivity index (χ1v) is 6.35. The van der Waals surface area contributed by atoms with E-state index in [-0.39, 0.29) is 24.4 Å². The third kappa shape index (κ3) is 3.87. The van der Waals surface area contributed by atoms with Crippen LogP contribution >= 0.6 is 24.0 Å². The van der Waals surface area contributed by atoms with Gasteiger partial charge in [-0.05, 0) is 50.1 Å². The van der Waals surface area contributed by atoms with E-state index >= 15 is 0 Å². The molecule has 3 nitrogen and oxygen atoms in total. The number of benzene rings is 1. The van der Waals surface area contributed by atoms with E-state index < -0.39 is 0 Å². The normalized spacial score (nSPS) is 18.9. The second-order valence-electron chi connectivity index (χ2n) is 4.45. The Morgan fingerprint density at radius 2 is 2.22 bits per heavy atom. The number of aryl methyl sites for hydroxylation is 1. The molecule has 5 heteroatoms. The van der Waals surface area contributed by atoms with Crippen LogP contribution in [0.4, 0.5) is 5.69 Å². The molecule has 0 saturated carbocycles. The van der Waals surface area contributed by atoms with Gasteiger partial charge in [-0.15, -0.1) is 12.4 Å². The second-order valence-corrected chi connectivity index (χ2v) is 4.89. The van der Waals surface area contributed by atoms with Crippen molar-refractivity contribution in [2.24, 2.45) is 0 Å². The largest absolute Gasteiger partial charge is 0.324 e. The van der Waals surface area contributed by atoms with Crippen LogP contribution < -0.4 is 10.6 Å². The fourth-order valence-corrected chi connectivity index (χ4v) is 2.29. The highest BCUT2D eigenvalue weighted by atomic mass is 35.5. The van der Waals surface area contributed by atoms with Gasteiger partial charge in [-0.25, -0.2) is 0 Å². The van der Waals surface area contributed by atoms with Crippen molar-refractivity contribution in [1.82, 2.24) is 5.32 Å². The lowest BCUT2D eigenvalue weighted by Gasteiger charge is -2.22. The Morgan fingerprint density at radius 3 is 2.83 bits per heavy atom. The Labute approximate surface area is 119 Å². The number of hydrogen-bond acceptors (Lipinski definition) is 2. The van der Waals surface area contributed by atoms with Crippen LogP contribution in [0, 0.1) is 6.92 Å². The van der Waals surface area contributed by atoms with E-state index in [1.54, 1.807) is 6.07 Å². The van der Waals surface area contributed by atoms with Crippen molar-refractivity contribution in [1.29, 1.82) is 0 Å². The molecule has 0 aromatic heterocycles. The Hall–Kier alpha value is -0.770. The molecule has 1 unspecified atom stereocenters. The van der Waals surface area contributed by atoms with Crippen molar-refractivity contribution in [2.45, 2.75) is 32.2 Å². The van der Waals surface area contributed by atoms with Gasteiger partial charge in [-0.2, -0.15) is 0 Å². The van der Waals surface area contributed by atoms with E-state index in [1.165, 1.54) is 0 Å². The minimum Gasteiger partial charge on any atom is -0.324 e. The van der Waals surface area contributed by atoms with Gasteiger partial charge in [0.05, 0.1) is 6.04 Å². The summed E-state index contributed by atoms with van der Waals surface area (Å²) in [6, 6.07) is 5.43. The average molecular weight is 289 g/mol. The summed E-state index contributed by atoms with van der Waals surface area (Å²) in [6.07, 6.45) is 3.19. The molecule has 1 aromatic carbocycles. The first-order chi connectivity index (χ1) is 8.16. The Balaban J connectivity index is 0.00000162. The monoisotopic (exact) mass is 288 g/mol. The number of carbonyl (C=O) groups is 1. The van der Waals surface area contributed by atoms with Gasteiger partial charge in [-0.3, -0.25) is 4.79 Å². The predicted octanol–water partition coefficient (Wildman–Crippen LogP) is 3.15. The van der Waals surface area contributed by atoms with E-state index in [1.807, 2.05) is 19.1 Å². The molecule has 100 valence electrons. The number of hydrogen-bond donors (Lipinski definition) is 2. The van der Waals surface area contributed by atoms with Crippen molar-refractivity contribution < 1.29 is 4.79 Å². The highest BCUT2D eigenvalue weighted by Gasteiger charge is 2.20. The van der Waals surface area contributed by atoms with E-state index in [9.17, 15) is 4.79 Å². The van der Waals surface area contributed by atoms with Gasteiger partial charge in [0, 0.05) is 10.7 Å². The molecule has 1 amide bonds. The van der Waals surface area contributed by atoms with E-state index in [2.05, 4.69) is 10.6 Å². The maximum Gasteiger partial charge on any atom is 0.241 e. The minimum atomic E-state index is -0.0566. The van der Waals surface area contributed by atoms with Crippen LogP contribution in [-0.2, 0) is 4.79 Å². The Kier molecular flexibility index (Phi) is 5.93. The number of halogens is 2. The summed E-state index contributed by atoms with van der Waals surface area (Å²) >= 11 is 5.88. The predicted molar refractivity (Wildman–Crippen MR) is 77.7 cm³/mol. The number of anilines is 1. The molecule has 1 aliphatic heterocycles. The van der Waals surface area contributed by atoms with Crippen LogP contribution in [0.25, 0.3) is 0 Å². The molecule has 0 bridgehead atoms. The Bertz CT molecular complexity index is 417. The molecule has 1 saturated heterocycles. The maximum atomic E-state index is 12.0. The zero-order valence-corrected chi connectivity index (χ0v) is 11.9. The van der Waals surface area contributed by atoms with Crippen LogP contribution in [0.3, 0.4) is 0 Å². The SMILES string of the molecule is Cc1cc(Cl)ccc1NC(=O)C1CCCCN1.Cl. The summed E-state index contributed by atoms with van der Waals surface area (Å²) in [5.74, 6) is 0.0510. The second kappa shape index (κ2) is 6.98. The summed E-state index contributed by atoms with van der Waals surface area (Å²) in [7, 11) is 0. The standard InChI is InChI=1S/C13H17ClN2O.ClH/c1-9-8-10(14)5-6-11(9)16-13(17)12-4-2-3-7-15-12;/h5-6,8,12,15H,2-4,7H2,1H3,(H,16,17);1H. The van der Waals surface area contributed by atoms with Gasteiger partial charge in [0.15, 0.2) is 0 Å². The number of rotatable bonds is 2. The number of piperidine rings is 1. The molecule has 1 heterocycles. The first kappa shape index (κ1) is 15.3. The molecule has 2 N–H and O–H groups in total. The smallest absolute Gasteiger partial charge is 0.241 e. The van der Waals surface area contributed by atoms with Gasteiger partial charge in [0.25, 0.3) is 0 Å². The van der Waals surface area contributed by atoms with Gasteiger partial charge in [-0.1, -0.05) is 18.0 Å². The summed E-state index contributed by atoms with van der Waals surface area (Å²) in [5, 5.41) is 6.87. The quantitative estimate of drug-likeness (QED) is 0.878. The van der Waals surface area contributed by atoms with Crippen LogP contribution in [0.1, 0.15) is 24.8 Å². The number of amides is 1. The van der Waals surface area contributed by atoms with Crippen LogP contribution in [0.5, 0.6) is 0 Å². The van der Waals surface area contributed by atoms with Crippen molar-refractivity contribution in [3.05, 3.63) is 28.8 Å². The van der Waals surface area contributed by atoms with Crippen molar-refractivity contribution in [3.8, 4) is 0 Å². The lowest BCUT2D eigenvalue weighted by atomic mass is 10.0. The molecular formula is C13H18Cl2N2O. The third-order valence-electron chi connectivity index (χ3n) is 3.07. The molecule has 1 atom stereocenters. The summed E-state index contributed by atoms with van der Waals surface area (Å²) in [4.78, 5) is 12.0. The molecule has 18 heavy (non-hydrogen) atoms. The molecule has 1 aliphatic rings. The number of carbonyl (C=O) groups excluding carboxylic acids is 1. The highest BCUT2D eigenvalue weighted by Crippen LogP contribution is 2.20. The number of nitrogens with one attached hydrogen (secondary N) is 2. The summed E-state index contributed by atoms with van der Waals surface area (Å²) in [6.45, 7) is 2.87. The molecule has 1 aromatic rings. The van der Waals surface area contributed by atoms with Crippen molar-refractivity contribution in [3.63, 3.8) is 0 Å². The fraction of sp³-hybridized carbons (Fsp3) is 0.462. The molecule has 0 radical (unpaired) electrons. The van der Waals surface area contributed by atoms with Crippen molar-refractivity contribution >= 4 is 35.6 Å². The lowest BCUT2D eigenvalue weighted by molar-refractivity contribution is -0.118. The molecule has 0 spiro atoms. The van der Waals surface area contributed by atoms with Crippen molar-refractivity contribution in [2.75, 3.05) is 11.9 Å². The topological polar surface area (TPSA) is 41.1 Å². The molecule has 1 fully saturated rings. The maximum absolute atomic E-state index is 12.0. The lowest BCUT2D eigenvalue weighted by Crippen LogP contribution is -2.43. The molecule has 2 rings (SSSR count). The third-order valence-corrected chi connectivity index (χ3v) is 3.31. The van der Waals surface area contributed by atoms with Gasteiger partial charge >= 0.3 is 0 Å². The first-order valence-electron chi connectivity index (χ1n) is 5.97. The minimum absolute atomic E-state index is 0. The average Bonchev–Trinajstić information content (AvgIpc) is 2.34. The van der Waals surface area contributed by atoms with E-state index in [4.69, 9.17) is 11.6 Å².